The van der Waals surface area contributed by atoms with Crippen molar-refractivity contribution in [1.29, 1.82) is 0 Å². The summed E-state index contributed by atoms with van der Waals surface area (Å²) in [5, 5.41) is 31.3. The van der Waals surface area contributed by atoms with Gasteiger partial charge < -0.3 is 20.6 Å². The zero-order valence-electron chi connectivity index (χ0n) is 14.4. The van der Waals surface area contributed by atoms with Crippen molar-refractivity contribution in [1.82, 2.24) is 10.2 Å². The Kier molecular flexibility index (Phi) is 10.1. The lowest BCUT2D eigenvalue weighted by Gasteiger charge is -2.31. The van der Waals surface area contributed by atoms with Gasteiger partial charge in [0.25, 0.3) is 5.91 Å². The van der Waals surface area contributed by atoms with Gasteiger partial charge in [-0.1, -0.05) is 13.8 Å². The molecular weight excluding hydrogens is 336 g/mol. The van der Waals surface area contributed by atoms with Crippen LogP contribution in [0.15, 0.2) is 0 Å². The van der Waals surface area contributed by atoms with Crippen LogP contribution in [-0.4, -0.2) is 75.6 Å². The Morgan fingerprint density at radius 1 is 1.25 bits per heavy atom. The first-order valence-electron chi connectivity index (χ1n) is 7.75. The predicted molar refractivity (Wildman–Crippen MR) is 91.4 cm³/mol. The maximum Gasteiger partial charge on any atom is 0.258 e. The summed E-state index contributed by atoms with van der Waals surface area (Å²) in [7, 11) is 0. The number of aliphatic hydroxyl groups excluding tert-OH is 3. The van der Waals surface area contributed by atoms with Crippen molar-refractivity contribution in [3.05, 3.63) is 0 Å². The van der Waals surface area contributed by atoms with E-state index in [2.05, 4.69) is 17.9 Å². The number of imide groups is 1. The van der Waals surface area contributed by atoms with Crippen LogP contribution in [0.3, 0.4) is 0 Å². The number of thiol groups is 1. The third kappa shape index (κ3) is 7.61. The molecule has 0 saturated carbocycles. The number of nitrogens with one attached hydrogen (secondary N) is 1. The molecule has 8 nitrogen and oxygen atoms in total. The number of amides is 3. The number of rotatable bonds is 10. The number of hydrogen-bond donors (Lipinski definition) is 5. The van der Waals surface area contributed by atoms with Crippen molar-refractivity contribution < 1.29 is 29.7 Å². The summed E-state index contributed by atoms with van der Waals surface area (Å²) in [5.41, 5.74) is -1.14. The second-order valence-corrected chi connectivity index (χ2v) is 6.76. The molecule has 4 N–H and O–H groups in total. The average molecular weight is 364 g/mol. The monoisotopic (exact) mass is 364 g/mol. The predicted octanol–water partition coefficient (Wildman–Crippen LogP) is -1.07. The lowest BCUT2D eigenvalue weighted by molar-refractivity contribution is -0.157. The summed E-state index contributed by atoms with van der Waals surface area (Å²) >= 11 is 3.96. The highest BCUT2D eigenvalue weighted by Gasteiger charge is 2.38. The maximum atomic E-state index is 12.4. The first-order chi connectivity index (χ1) is 11.1. The minimum atomic E-state index is -1.61. The van der Waals surface area contributed by atoms with Crippen LogP contribution in [0, 0.1) is 5.41 Å². The molecule has 2 unspecified atom stereocenters. The molecule has 140 valence electrons. The van der Waals surface area contributed by atoms with Crippen molar-refractivity contribution >= 4 is 30.4 Å². The number of carbonyl (C=O) groups is 3. The van der Waals surface area contributed by atoms with E-state index in [1.165, 1.54) is 20.8 Å². The van der Waals surface area contributed by atoms with Crippen molar-refractivity contribution in [3.63, 3.8) is 0 Å². The van der Waals surface area contributed by atoms with E-state index in [4.69, 9.17) is 0 Å². The van der Waals surface area contributed by atoms with E-state index in [9.17, 15) is 29.7 Å². The number of hydrogen-bond acceptors (Lipinski definition) is 7. The van der Waals surface area contributed by atoms with Crippen molar-refractivity contribution in [2.75, 3.05) is 25.4 Å². The van der Waals surface area contributed by atoms with E-state index in [-0.39, 0.29) is 25.3 Å². The molecule has 24 heavy (non-hydrogen) atoms. The SMILES string of the molecule is CC(O)CC(=O)N(CCC(=O)NCCS)C(=O)C(O)C(C)(C)CO. The fourth-order valence-electron chi connectivity index (χ4n) is 1.79. The van der Waals surface area contributed by atoms with Gasteiger partial charge >= 0.3 is 0 Å². The smallest absolute Gasteiger partial charge is 0.258 e. The molecule has 0 rings (SSSR count). The van der Waals surface area contributed by atoms with E-state index in [1.807, 2.05) is 0 Å². The van der Waals surface area contributed by atoms with Crippen LogP contribution in [0.2, 0.25) is 0 Å². The summed E-state index contributed by atoms with van der Waals surface area (Å²) in [6.07, 6.45) is -3.01. The Balaban J connectivity index is 5.08. The molecule has 0 radical (unpaired) electrons. The zero-order chi connectivity index (χ0) is 18.9. The van der Waals surface area contributed by atoms with Gasteiger partial charge in [-0.2, -0.15) is 12.6 Å². The second kappa shape index (κ2) is 10.7. The van der Waals surface area contributed by atoms with Crippen LogP contribution in [0.4, 0.5) is 0 Å². The summed E-state index contributed by atoms with van der Waals surface area (Å²) in [4.78, 5) is 37.0. The van der Waals surface area contributed by atoms with Crippen molar-refractivity contribution in [2.45, 2.75) is 45.8 Å². The number of aliphatic hydroxyl groups is 3. The molecule has 0 aliphatic carbocycles. The standard InChI is InChI=1S/C15H28N2O6S/c1-10(19)8-12(21)17(6-4-11(20)16-5-7-24)14(23)13(22)15(2,3)9-18/h10,13,18-19,22,24H,4-9H2,1-3H3,(H,16,20). The molecular formula is C15H28N2O6S. The van der Waals surface area contributed by atoms with Gasteiger partial charge in [-0.25, -0.2) is 0 Å². The normalized spacial score (nSPS) is 14.0. The van der Waals surface area contributed by atoms with Crippen LogP contribution >= 0.6 is 12.6 Å². The molecule has 0 bridgehead atoms. The van der Waals surface area contributed by atoms with Crippen LogP contribution in [0.5, 0.6) is 0 Å². The summed E-state index contributed by atoms with van der Waals surface area (Å²) < 4.78 is 0. The molecule has 0 aromatic heterocycles. The van der Waals surface area contributed by atoms with E-state index < -0.39 is 36.0 Å². The third-order valence-electron chi connectivity index (χ3n) is 3.42. The van der Waals surface area contributed by atoms with Gasteiger partial charge in [0.2, 0.25) is 11.8 Å². The van der Waals surface area contributed by atoms with Gasteiger partial charge in [-0.15, -0.1) is 0 Å². The minimum Gasteiger partial charge on any atom is -0.396 e. The molecule has 3 amide bonds. The molecule has 0 aromatic rings. The van der Waals surface area contributed by atoms with Crippen LogP contribution < -0.4 is 5.32 Å². The third-order valence-corrected chi connectivity index (χ3v) is 3.64. The first kappa shape index (κ1) is 22.8. The van der Waals surface area contributed by atoms with E-state index in [1.54, 1.807) is 0 Å². The van der Waals surface area contributed by atoms with E-state index in [0.29, 0.717) is 12.3 Å². The molecule has 0 heterocycles. The van der Waals surface area contributed by atoms with Gasteiger partial charge in [0.05, 0.1) is 19.1 Å². The first-order valence-corrected chi connectivity index (χ1v) is 8.38. The largest absolute Gasteiger partial charge is 0.396 e. The van der Waals surface area contributed by atoms with Crippen LogP contribution in [0.25, 0.3) is 0 Å². The highest BCUT2D eigenvalue weighted by atomic mass is 32.1. The van der Waals surface area contributed by atoms with E-state index in [0.717, 1.165) is 4.90 Å². The maximum absolute atomic E-state index is 12.4. The van der Waals surface area contributed by atoms with Gasteiger partial charge in [0.15, 0.2) is 0 Å². The quantitative estimate of drug-likeness (QED) is 0.314. The fourth-order valence-corrected chi connectivity index (χ4v) is 1.90. The lowest BCUT2D eigenvalue weighted by Crippen LogP contribution is -2.51. The molecule has 0 spiro atoms. The van der Waals surface area contributed by atoms with Gasteiger partial charge in [-0.05, 0) is 6.92 Å². The zero-order valence-corrected chi connectivity index (χ0v) is 15.3. The van der Waals surface area contributed by atoms with Gasteiger partial charge in [0, 0.05) is 30.7 Å². The Bertz CT molecular complexity index is 442. The minimum absolute atomic E-state index is 0.128. The Morgan fingerprint density at radius 3 is 2.29 bits per heavy atom. The summed E-state index contributed by atoms with van der Waals surface area (Å²) in [5.74, 6) is -1.49. The average Bonchev–Trinajstić information content (AvgIpc) is 2.51. The van der Waals surface area contributed by atoms with E-state index >= 15 is 0 Å². The highest BCUT2D eigenvalue weighted by Crippen LogP contribution is 2.22. The van der Waals surface area contributed by atoms with Crippen molar-refractivity contribution in [3.8, 4) is 0 Å². The summed E-state index contributed by atoms with van der Waals surface area (Å²) in [6.45, 7) is 4.03. The van der Waals surface area contributed by atoms with Gasteiger partial charge in [-0.3, -0.25) is 19.3 Å². The Morgan fingerprint density at radius 2 is 1.83 bits per heavy atom. The van der Waals surface area contributed by atoms with Crippen molar-refractivity contribution in [2.24, 2.45) is 5.41 Å². The molecule has 0 aromatic carbocycles. The van der Waals surface area contributed by atoms with Gasteiger partial charge in [0.1, 0.15) is 6.10 Å². The Labute approximate surface area is 147 Å². The molecule has 0 fully saturated rings. The fraction of sp³-hybridized carbons (Fsp3) is 0.800. The molecule has 0 saturated heterocycles. The molecule has 0 aliphatic heterocycles. The Hall–Kier alpha value is -1.16. The number of nitrogens with zero attached hydrogens (tertiary/aromatic N) is 1. The lowest BCUT2D eigenvalue weighted by atomic mass is 9.86. The van der Waals surface area contributed by atoms with Crippen LogP contribution in [-0.2, 0) is 14.4 Å². The second-order valence-electron chi connectivity index (χ2n) is 6.31. The number of carbonyl (C=O) groups excluding carboxylic acids is 3. The van der Waals surface area contributed by atoms with Crippen LogP contribution in [0.1, 0.15) is 33.6 Å². The topological polar surface area (TPSA) is 127 Å². The molecule has 9 heteroatoms. The molecule has 2 atom stereocenters. The summed E-state index contributed by atoms with van der Waals surface area (Å²) in [6, 6.07) is 0. The highest BCUT2D eigenvalue weighted by molar-refractivity contribution is 7.80. The molecule has 0 aliphatic rings.